The molecule has 2 aromatic rings. The topological polar surface area (TPSA) is 17.8 Å². The molecule has 0 bridgehead atoms. The predicted octanol–water partition coefficient (Wildman–Crippen LogP) is 4.55. The Morgan fingerprint density at radius 1 is 1.50 bits per heavy atom. The van der Waals surface area contributed by atoms with E-state index in [2.05, 4.69) is 45.6 Å². The number of alkyl halides is 1. The Balaban J connectivity index is 2.14. The monoisotopic (exact) mass is 326 g/mol. The molecule has 0 radical (unpaired) electrons. The molecule has 1 aromatic heterocycles. The van der Waals surface area contributed by atoms with Crippen LogP contribution in [0.1, 0.15) is 31.6 Å². The summed E-state index contributed by atoms with van der Waals surface area (Å²) in [6, 6.07) is 6.87. The minimum atomic E-state index is 0.536. The van der Waals surface area contributed by atoms with Gasteiger partial charge in [0.25, 0.3) is 0 Å². The summed E-state index contributed by atoms with van der Waals surface area (Å²) in [4.78, 5) is 4.74. The molecule has 1 aliphatic carbocycles. The summed E-state index contributed by atoms with van der Waals surface area (Å²) in [6.45, 7) is 2.30. The largest absolute Gasteiger partial charge is 0.325 e. The lowest BCUT2D eigenvalue weighted by Gasteiger charge is -2.16. The molecule has 0 amide bonds. The van der Waals surface area contributed by atoms with Gasteiger partial charge in [0.15, 0.2) is 0 Å². The number of nitrogens with zero attached hydrogens (tertiary/aromatic N) is 2. The van der Waals surface area contributed by atoms with Crippen molar-refractivity contribution in [2.24, 2.45) is 5.92 Å². The maximum atomic E-state index is 5.90. The van der Waals surface area contributed by atoms with E-state index in [1.54, 1.807) is 0 Å². The molecule has 1 heterocycles. The van der Waals surface area contributed by atoms with E-state index in [0.29, 0.717) is 11.9 Å². The smallest absolute Gasteiger partial charge is 0.111 e. The Labute approximate surface area is 120 Å². The molecular weight excluding hydrogens is 312 g/mol. The van der Waals surface area contributed by atoms with Crippen molar-refractivity contribution in [3.8, 4) is 0 Å². The van der Waals surface area contributed by atoms with Gasteiger partial charge in [-0.25, -0.2) is 4.98 Å². The van der Waals surface area contributed by atoms with Gasteiger partial charge in [0, 0.05) is 22.8 Å². The van der Waals surface area contributed by atoms with E-state index in [1.807, 2.05) is 0 Å². The minimum Gasteiger partial charge on any atom is -0.325 e. The molecule has 96 valence electrons. The first-order valence-electron chi connectivity index (χ1n) is 6.43. The average molecular weight is 328 g/mol. The molecule has 18 heavy (non-hydrogen) atoms. The number of hydrogen-bond donors (Lipinski definition) is 0. The van der Waals surface area contributed by atoms with Crippen LogP contribution in [0.5, 0.6) is 0 Å². The number of imidazole rings is 1. The molecule has 1 unspecified atom stereocenters. The van der Waals surface area contributed by atoms with Crippen molar-refractivity contribution in [2.75, 3.05) is 5.88 Å². The van der Waals surface area contributed by atoms with Gasteiger partial charge in [-0.3, -0.25) is 0 Å². The van der Waals surface area contributed by atoms with Crippen molar-refractivity contribution >= 4 is 38.6 Å². The molecule has 1 atom stereocenters. The summed E-state index contributed by atoms with van der Waals surface area (Å²) >= 11 is 9.41. The van der Waals surface area contributed by atoms with Crippen LogP contribution in [-0.2, 0) is 6.42 Å². The van der Waals surface area contributed by atoms with Crippen molar-refractivity contribution in [2.45, 2.75) is 32.2 Å². The van der Waals surface area contributed by atoms with Crippen molar-refractivity contribution in [3.63, 3.8) is 0 Å². The normalized spacial score (nSPS) is 17.3. The van der Waals surface area contributed by atoms with Crippen LogP contribution in [0.15, 0.2) is 22.7 Å². The van der Waals surface area contributed by atoms with Crippen LogP contribution in [0.4, 0.5) is 0 Å². The number of halogens is 2. The second kappa shape index (κ2) is 4.86. The quantitative estimate of drug-likeness (QED) is 0.753. The summed E-state index contributed by atoms with van der Waals surface area (Å²) in [5.41, 5.74) is 2.30. The van der Waals surface area contributed by atoms with Crippen molar-refractivity contribution in [1.29, 1.82) is 0 Å². The molecule has 1 saturated carbocycles. The summed E-state index contributed by atoms with van der Waals surface area (Å²) in [5.74, 6) is 2.57. The maximum absolute atomic E-state index is 5.90. The zero-order valence-corrected chi connectivity index (χ0v) is 12.7. The fraction of sp³-hybridized carbons (Fsp3) is 0.500. The highest BCUT2D eigenvalue weighted by atomic mass is 79.9. The molecule has 2 nitrogen and oxygen atoms in total. The molecule has 4 heteroatoms. The number of aryl methyl sites for hydroxylation is 1. The van der Waals surface area contributed by atoms with Crippen LogP contribution in [-0.4, -0.2) is 15.4 Å². The number of aromatic nitrogens is 2. The molecule has 0 N–H and O–H groups in total. The number of benzene rings is 1. The van der Waals surface area contributed by atoms with Crippen molar-refractivity contribution < 1.29 is 0 Å². The van der Waals surface area contributed by atoms with E-state index in [-0.39, 0.29) is 0 Å². The van der Waals surface area contributed by atoms with E-state index in [1.165, 1.54) is 18.4 Å². The molecule has 0 saturated heterocycles. The first-order chi connectivity index (χ1) is 8.70. The molecule has 1 aliphatic rings. The SMILES string of the molecule is CC(C1CC1)n1c(CCCl)nc2cc(Br)ccc21. The van der Waals surface area contributed by atoms with Crippen LogP contribution in [0.3, 0.4) is 0 Å². The van der Waals surface area contributed by atoms with Gasteiger partial charge in [0.2, 0.25) is 0 Å². The highest BCUT2D eigenvalue weighted by Crippen LogP contribution is 2.41. The van der Waals surface area contributed by atoms with Gasteiger partial charge in [0.05, 0.1) is 11.0 Å². The van der Waals surface area contributed by atoms with Crippen LogP contribution < -0.4 is 0 Å². The molecule has 0 aliphatic heterocycles. The predicted molar refractivity (Wildman–Crippen MR) is 79.3 cm³/mol. The van der Waals surface area contributed by atoms with Crippen LogP contribution in [0.25, 0.3) is 11.0 Å². The lowest BCUT2D eigenvalue weighted by Crippen LogP contribution is -2.11. The first kappa shape index (κ1) is 12.5. The summed E-state index contributed by atoms with van der Waals surface area (Å²) in [6.07, 6.45) is 3.53. The molecule has 1 fully saturated rings. The first-order valence-corrected chi connectivity index (χ1v) is 7.76. The molecule has 0 spiro atoms. The second-order valence-corrected chi connectivity index (χ2v) is 6.34. The Morgan fingerprint density at radius 2 is 2.28 bits per heavy atom. The van der Waals surface area contributed by atoms with Gasteiger partial charge in [-0.05, 0) is 43.9 Å². The lowest BCUT2D eigenvalue weighted by atomic mass is 10.2. The van der Waals surface area contributed by atoms with Gasteiger partial charge >= 0.3 is 0 Å². The minimum absolute atomic E-state index is 0.536. The Bertz CT molecular complexity index is 574. The highest BCUT2D eigenvalue weighted by molar-refractivity contribution is 9.10. The van der Waals surface area contributed by atoms with Gasteiger partial charge in [-0.1, -0.05) is 15.9 Å². The molecule has 3 rings (SSSR count). The van der Waals surface area contributed by atoms with Crippen molar-refractivity contribution in [1.82, 2.24) is 9.55 Å². The van der Waals surface area contributed by atoms with Crippen LogP contribution in [0.2, 0.25) is 0 Å². The Kier molecular flexibility index (Phi) is 3.37. The number of rotatable bonds is 4. The third-order valence-electron chi connectivity index (χ3n) is 3.75. The van der Waals surface area contributed by atoms with E-state index in [0.717, 1.165) is 28.2 Å². The lowest BCUT2D eigenvalue weighted by molar-refractivity contribution is 0.482. The van der Waals surface area contributed by atoms with Gasteiger partial charge < -0.3 is 4.57 Å². The van der Waals surface area contributed by atoms with Gasteiger partial charge in [-0.15, -0.1) is 11.6 Å². The van der Waals surface area contributed by atoms with Gasteiger partial charge in [0.1, 0.15) is 5.82 Å². The summed E-state index contributed by atoms with van der Waals surface area (Å²) in [5, 5.41) is 0. The standard InChI is InChI=1S/C14H16BrClN2/c1-9(10-2-3-10)18-13-5-4-11(15)8-12(13)17-14(18)6-7-16/h4-5,8-10H,2-3,6-7H2,1H3. The molecule has 1 aromatic carbocycles. The van der Waals surface area contributed by atoms with Crippen molar-refractivity contribution in [3.05, 3.63) is 28.5 Å². The summed E-state index contributed by atoms with van der Waals surface area (Å²) < 4.78 is 3.47. The van der Waals surface area contributed by atoms with E-state index >= 15 is 0 Å². The second-order valence-electron chi connectivity index (χ2n) is 5.05. The number of hydrogen-bond acceptors (Lipinski definition) is 1. The van der Waals surface area contributed by atoms with Crippen LogP contribution >= 0.6 is 27.5 Å². The fourth-order valence-electron chi connectivity index (χ4n) is 2.63. The maximum Gasteiger partial charge on any atom is 0.111 e. The van der Waals surface area contributed by atoms with E-state index < -0.39 is 0 Å². The zero-order chi connectivity index (χ0) is 12.7. The van der Waals surface area contributed by atoms with E-state index in [9.17, 15) is 0 Å². The average Bonchev–Trinajstić information content (AvgIpc) is 3.11. The highest BCUT2D eigenvalue weighted by Gasteiger charge is 2.31. The Hall–Kier alpha value is -0.540. The number of fused-ring (bicyclic) bond motifs is 1. The summed E-state index contributed by atoms with van der Waals surface area (Å²) in [7, 11) is 0. The third-order valence-corrected chi connectivity index (χ3v) is 4.44. The third kappa shape index (κ3) is 2.19. The zero-order valence-electron chi connectivity index (χ0n) is 10.4. The van der Waals surface area contributed by atoms with E-state index in [4.69, 9.17) is 16.6 Å². The fourth-order valence-corrected chi connectivity index (χ4v) is 3.14. The molecular formula is C14H16BrClN2. The Morgan fingerprint density at radius 3 is 2.94 bits per heavy atom. The van der Waals surface area contributed by atoms with Crippen LogP contribution in [0, 0.1) is 5.92 Å². The van der Waals surface area contributed by atoms with Gasteiger partial charge in [-0.2, -0.15) is 0 Å².